The molecule has 1 aromatic rings. The van der Waals surface area contributed by atoms with Crippen molar-refractivity contribution in [3.63, 3.8) is 0 Å². The smallest absolute Gasteiger partial charge is 0.329 e. The third kappa shape index (κ3) is 4.28. The average Bonchev–Trinajstić information content (AvgIpc) is 2.88. The molecule has 1 aromatic heterocycles. The molecule has 2 aliphatic rings. The van der Waals surface area contributed by atoms with E-state index in [4.69, 9.17) is 0 Å². The normalized spacial score (nSPS) is 21.3. The molecule has 0 aromatic carbocycles. The second kappa shape index (κ2) is 8.11. The summed E-state index contributed by atoms with van der Waals surface area (Å²) in [6, 6.07) is -0.980. The number of hydrogen-bond donors (Lipinski definition) is 3. The van der Waals surface area contributed by atoms with E-state index in [2.05, 4.69) is 4.98 Å². The number of carboxylic acids is 1. The molecule has 3 N–H and O–H groups in total. The van der Waals surface area contributed by atoms with Crippen LogP contribution in [0.5, 0.6) is 5.88 Å². The molecular weight excluding hydrogens is 320 g/mol. The summed E-state index contributed by atoms with van der Waals surface area (Å²) in [6.07, 6.45) is 12.4. The van der Waals surface area contributed by atoms with E-state index >= 15 is 0 Å². The van der Waals surface area contributed by atoms with E-state index in [0.29, 0.717) is 30.4 Å². The Morgan fingerprint density at radius 2 is 1.60 bits per heavy atom. The Balaban J connectivity index is 1.78. The molecular formula is C19H30N2O4. The molecule has 0 saturated heterocycles. The van der Waals surface area contributed by atoms with Crippen LogP contribution in [-0.2, 0) is 11.2 Å². The van der Waals surface area contributed by atoms with Gasteiger partial charge in [0.1, 0.15) is 6.04 Å². The number of aromatic hydroxyl groups is 1. The summed E-state index contributed by atoms with van der Waals surface area (Å²) in [4.78, 5) is 26.9. The molecule has 2 fully saturated rings. The van der Waals surface area contributed by atoms with Gasteiger partial charge in [0, 0.05) is 0 Å². The van der Waals surface area contributed by atoms with Gasteiger partial charge in [0.15, 0.2) is 0 Å². The number of nitrogens with zero attached hydrogens (tertiary/aromatic N) is 1. The molecule has 25 heavy (non-hydrogen) atoms. The Morgan fingerprint density at radius 3 is 2.16 bits per heavy atom. The van der Waals surface area contributed by atoms with E-state index in [0.717, 1.165) is 43.1 Å². The van der Waals surface area contributed by atoms with Gasteiger partial charge < -0.3 is 15.2 Å². The van der Waals surface area contributed by atoms with Gasteiger partial charge in [-0.2, -0.15) is 0 Å². The minimum atomic E-state index is -1.04. The largest absolute Gasteiger partial charge is 0.493 e. The van der Waals surface area contributed by atoms with Crippen LogP contribution in [0.3, 0.4) is 0 Å². The van der Waals surface area contributed by atoms with Crippen LogP contribution in [0.15, 0.2) is 4.79 Å². The molecule has 3 rings (SSSR count). The van der Waals surface area contributed by atoms with Crippen LogP contribution in [0.1, 0.15) is 82.4 Å². The summed E-state index contributed by atoms with van der Waals surface area (Å²) >= 11 is 0. The fraction of sp³-hybridized carbons (Fsp3) is 0.789. The first-order chi connectivity index (χ1) is 12.1. The highest BCUT2D eigenvalue weighted by Gasteiger charge is 2.30. The van der Waals surface area contributed by atoms with Crippen LogP contribution in [0.25, 0.3) is 0 Å². The van der Waals surface area contributed by atoms with Crippen LogP contribution in [0, 0.1) is 11.8 Å². The van der Waals surface area contributed by atoms with Crippen molar-refractivity contribution in [2.45, 2.75) is 83.1 Å². The van der Waals surface area contributed by atoms with E-state index in [-0.39, 0.29) is 5.88 Å². The first kappa shape index (κ1) is 18.1. The van der Waals surface area contributed by atoms with Crippen molar-refractivity contribution < 1.29 is 15.0 Å². The second-order valence-corrected chi connectivity index (χ2v) is 7.90. The number of rotatable bonds is 6. The Labute approximate surface area is 148 Å². The lowest BCUT2D eigenvalue weighted by Gasteiger charge is -2.25. The third-order valence-electron chi connectivity index (χ3n) is 6.07. The summed E-state index contributed by atoms with van der Waals surface area (Å²) in [5.74, 6) is -0.421. The molecule has 2 saturated carbocycles. The SMILES string of the molecule is O=C(O)[C@H](CC1CCCCC1)n1c(O)c(CC2CCCCC2)[nH]c1=O. The Bertz CT molecular complexity index is 636. The zero-order valence-electron chi connectivity index (χ0n) is 14.9. The van der Waals surface area contributed by atoms with Gasteiger partial charge in [-0.05, 0) is 24.7 Å². The van der Waals surface area contributed by atoms with Crippen molar-refractivity contribution in [2.24, 2.45) is 11.8 Å². The van der Waals surface area contributed by atoms with Crippen molar-refractivity contribution in [3.05, 3.63) is 16.2 Å². The van der Waals surface area contributed by atoms with Gasteiger partial charge in [-0.3, -0.25) is 0 Å². The number of aromatic amines is 1. The quantitative estimate of drug-likeness (QED) is 0.730. The number of hydrogen-bond acceptors (Lipinski definition) is 3. The molecule has 0 unspecified atom stereocenters. The highest BCUT2D eigenvalue weighted by molar-refractivity contribution is 5.72. The van der Waals surface area contributed by atoms with E-state index in [1.807, 2.05) is 0 Å². The van der Waals surface area contributed by atoms with Crippen molar-refractivity contribution in [1.82, 2.24) is 9.55 Å². The minimum Gasteiger partial charge on any atom is -0.493 e. The molecule has 0 amide bonds. The van der Waals surface area contributed by atoms with Crippen LogP contribution in [-0.4, -0.2) is 25.7 Å². The van der Waals surface area contributed by atoms with E-state index < -0.39 is 17.7 Å². The summed E-state index contributed by atoms with van der Waals surface area (Å²) in [5.41, 5.74) is 0.0123. The molecule has 0 spiro atoms. The lowest BCUT2D eigenvalue weighted by Crippen LogP contribution is -2.30. The van der Waals surface area contributed by atoms with Gasteiger partial charge in [0.25, 0.3) is 0 Å². The minimum absolute atomic E-state index is 0.168. The first-order valence-corrected chi connectivity index (χ1v) is 9.81. The molecule has 2 aliphatic carbocycles. The zero-order valence-corrected chi connectivity index (χ0v) is 14.9. The molecule has 0 bridgehead atoms. The topological polar surface area (TPSA) is 95.3 Å². The van der Waals surface area contributed by atoms with E-state index in [1.165, 1.54) is 25.7 Å². The number of aromatic nitrogens is 2. The summed E-state index contributed by atoms with van der Waals surface area (Å²) in [5, 5.41) is 20.2. The van der Waals surface area contributed by atoms with Crippen LogP contribution >= 0.6 is 0 Å². The fourth-order valence-electron chi connectivity index (χ4n) is 4.65. The van der Waals surface area contributed by atoms with E-state index in [1.54, 1.807) is 0 Å². The number of carbonyl (C=O) groups is 1. The van der Waals surface area contributed by atoms with Gasteiger partial charge >= 0.3 is 11.7 Å². The number of aliphatic carboxylic acids is 1. The maximum absolute atomic E-state index is 12.4. The highest BCUT2D eigenvalue weighted by atomic mass is 16.4. The van der Waals surface area contributed by atoms with Gasteiger partial charge in [-0.25, -0.2) is 14.2 Å². The molecule has 0 radical (unpaired) electrons. The maximum Gasteiger partial charge on any atom is 0.329 e. The van der Waals surface area contributed by atoms with Crippen molar-refractivity contribution in [2.75, 3.05) is 0 Å². The van der Waals surface area contributed by atoms with Gasteiger partial charge in [-0.1, -0.05) is 64.2 Å². The predicted octanol–water partition coefficient (Wildman–Crippen LogP) is 3.60. The number of imidazole rings is 1. The highest BCUT2D eigenvalue weighted by Crippen LogP contribution is 2.33. The molecule has 0 aliphatic heterocycles. The Hall–Kier alpha value is -1.72. The molecule has 6 heteroatoms. The van der Waals surface area contributed by atoms with E-state index in [9.17, 15) is 19.8 Å². The van der Waals surface area contributed by atoms with Crippen molar-refractivity contribution in [1.29, 1.82) is 0 Å². The lowest BCUT2D eigenvalue weighted by molar-refractivity contribution is -0.141. The summed E-state index contributed by atoms with van der Waals surface area (Å²) in [7, 11) is 0. The number of H-pyrrole nitrogens is 1. The zero-order chi connectivity index (χ0) is 17.8. The molecule has 140 valence electrons. The van der Waals surface area contributed by atoms with Gasteiger partial charge in [0.2, 0.25) is 5.88 Å². The maximum atomic E-state index is 12.4. The van der Waals surface area contributed by atoms with Crippen LogP contribution in [0.2, 0.25) is 0 Å². The first-order valence-electron chi connectivity index (χ1n) is 9.81. The monoisotopic (exact) mass is 350 g/mol. The van der Waals surface area contributed by atoms with Crippen LogP contribution in [0.4, 0.5) is 0 Å². The second-order valence-electron chi connectivity index (χ2n) is 7.90. The Kier molecular flexibility index (Phi) is 5.86. The number of nitrogens with one attached hydrogen (secondary N) is 1. The molecule has 1 atom stereocenters. The predicted molar refractivity (Wildman–Crippen MR) is 94.9 cm³/mol. The number of carboxylic acid groups (broad SMARTS) is 1. The van der Waals surface area contributed by atoms with Crippen molar-refractivity contribution >= 4 is 5.97 Å². The van der Waals surface area contributed by atoms with Crippen LogP contribution < -0.4 is 5.69 Å². The molecule has 1 heterocycles. The van der Waals surface area contributed by atoms with Gasteiger partial charge in [0.05, 0.1) is 5.69 Å². The average molecular weight is 350 g/mol. The van der Waals surface area contributed by atoms with Gasteiger partial charge in [-0.15, -0.1) is 0 Å². The third-order valence-corrected chi connectivity index (χ3v) is 6.07. The van der Waals surface area contributed by atoms with Crippen molar-refractivity contribution in [3.8, 4) is 5.88 Å². The summed E-state index contributed by atoms with van der Waals surface area (Å²) < 4.78 is 1.08. The lowest BCUT2D eigenvalue weighted by atomic mass is 9.84. The summed E-state index contributed by atoms with van der Waals surface area (Å²) in [6.45, 7) is 0. The molecule has 6 nitrogen and oxygen atoms in total. The standard InChI is InChI=1S/C19H30N2O4/c22-17-15(11-13-7-3-1-4-8-13)20-19(25)21(17)16(18(23)24)12-14-9-5-2-6-10-14/h13-14,16,22H,1-12H2,(H,20,25)(H,23,24)/t16-/m0/s1. The Morgan fingerprint density at radius 1 is 1.04 bits per heavy atom. The fourth-order valence-corrected chi connectivity index (χ4v) is 4.65.